The van der Waals surface area contributed by atoms with Crippen LogP contribution in [0.2, 0.25) is 0 Å². The number of hydrogen-bond acceptors (Lipinski definition) is 2. The number of nitrogens with zero attached hydrogens (tertiary/aromatic N) is 3. The van der Waals surface area contributed by atoms with Crippen LogP contribution in [0.25, 0.3) is 0 Å². The fourth-order valence-electron chi connectivity index (χ4n) is 1.86. The van der Waals surface area contributed by atoms with Crippen LogP contribution in [0.3, 0.4) is 0 Å². The molecule has 0 spiro atoms. The molecule has 0 saturated carbocycles. The molecule has 0 bridgehead atoms. The summed E-state index contributed by atoms with van der Waals surface area (Å²) in [6.07, 6.45) is 5.42. The molecule has 22 heavy (non-hydrogen) atoms. The highest BCUT2D eigenvalue weighted by atomic mass is 127. The van der Waals surface area contributed by atoms with Crippen molar-refractivity contribution in [1.29, 1.82) is 0 Å². The van der Waals surface area contributed by atoms with Gasteiger partial charge in [0.25, 0.3) is 0 Å². The molecule has 0 radical (unpaired) electrons. The van der Waals surface area contributed by atoms with E-state index < -0.39 is 0 Å². The summed E-state index contributed by atoms with van der Waals surface area (Å²) in [7, 11) is 0. The molecular weight excluding hydrogens is 396 g/mol. The average molecular weight is 417 g/mol. The molecule has 0 aliphatic heterocycles. The lowest BCUT2D eigenvalue weighted by molar-refractivity contribution is 0.609. The molecule has 1 heterocycles. The average Bonchev–Trinajstić information content (AvgIpc) is 2.99. The van der Waals surface area contributed by atoms with Crippen LogP contribution in [0.15, 0.2) is 48.0 Å². The van der Waals surface area contributed by atoms with E-state index in [1.165, 1.54) is 6.07 Å². The summed E-state index contributed by atoms with van der Waals surface area (Å²) in [5, 5.41) is 6.36. The molecule has 0 saturated heterocycles. The third-order valence-corrected chi connectivity index (χ3v) is 2.93. The number of nitrogens with one attached hydrogen (secondary N) is 2. The highest BCUT2D eigenvalue weighted by Crippen LogP contribution is 2.07. The molecule has 1 aromatic carbocycles. The van der Waals surface area contributed by atoms with Gasteiger partial charge in [-0.25, -0.2) is 14.4 Å². The van der Waals surface area contributed by atoms with Crippen LogP contribution >= 0.6 is 24.0 Å². The molecule has 0 unspecified atom stereocenters. The SMILES string of the molecule is CCNC(=NCc1ccccc1F)NCCn1ccnc1.I. The maximum Gasteiger partial charge on any atom is 0.191 e. The van der Waals surface area contributed by atoms with Crippen molar-refractivity contribution < 1.29 is 4.39 Å². The molecule has 0 aliphatic rings. The Labute approximate surface area is 147 Å². The van der Waals surface area contributed by atoms with E-state index in [4.69, 9.17) is 0 Å². The molecule has 120 valence electrons. The van der Waals surface area contributed by atoms with E-state index in [9.17, 15) is 4.39 Å². The largest absolute Gasteiger partial charge is 0.357 e. The smallest absolute Gasteiger partial charge is 0.191 e. The minimum absolute atomic E-state index is 0. The third kappa shape index (κ3) is 6.00. The summed E-state index contributed by atoms with van der Waals surface area (Å²) < 4.78 is 15.5. The highest BCUT2D eigenvalue weighted by Gasteiger charge is 2.01. The Hall–Kier alpha value is -1.64. The summed E-state index contributed by atoms with van der Waals surface area (Å²) in [6.45, 7) is 4.58. The van der Waals surface area contributed by atoms with Gasteiger partial charge in [0.15, 0.2) is 5.96 Å². The van der Waals surface area contributed by atoms with Crippen LogP contribution in [-0.2, 0) is 13.1 Å². The van der Waals surface area contributed by atoms with Gasteiger partial charge in [0.05, 0.1) is 12.9 Å². The normalized spacial score (nSPS) is 10.9. The van der Waals surface area contributed by atoms with Crippen molar-refractivity contribution in [2.45, 2.75) is 20.0 Å². The number of benzene rings is 1. The summed E-state index contributed by atoms with van der Waals surface area (Å²) in [5.41, 5.74) is 0.587. The van der Waals surface area contributed by atoms with Crippen molar-refractivity contribution in [2.75, 3.05) is 13.1 Å². The Morgan fingerprint density at radius 2 is 2.14 bits per heavy atom. The highest BCUT2D eigenvalue weighted by molar-refractivity contribution is 14.0. The van der Waals surface area contributed by atoms with Gasteiger partial charge in [-0.1, -0.05) is 18.2 Å². The number of guanidine groups is 1. The van der Waals surface area contributed by atoms with Crippen LogP contribution < -0.4 is 10.6 Å². The second kappa shape index (κ2) is 10.1. The molecule has 2 rings (SSSR count). The zero-order chi connectivity index (χ0) is 14.9. The van der Waals surface area contributed by atoms with Crippen LogP contribution in [0.1, 0.15) is 12.5 Å². The van der Waals surface area contributed by atoms with E-state index in [2.05, 4.69) is 20.6 Å². The van der Waals surface area contributed by atoms with E-state index in [1.807, 2.05) is 23.8 Å². The molecule has 0 fully saturated rings. The Bertz CT molecular complexity index is 571. The summed E-state index contributed by atoms with van der Waals surface area (Å²) in [5.74, 6) is 0.455. The van der Waals surface area contributed by atoms with Gasteiger partial charge in [-0.3, -0.25) is 0 Å². The minimum Gasteiger partial charge on any atom is -0.357 e. The summed E-state index contributed by atoms with van der Waals surface area (Å²) in [6, 6.07) is 6.68. The monoisotopic (exact) mass is 417 g/mol. The van der Waals surface area contributed by atoms with Crippen LogP contribution in [0.4, 0.5) is 4.39 Å². The molecule has 0 amide bonds. The Morgan fingerprint density at radius 1 is 1.32 bits per heavy atom. The van der Waals surface area contributed by atoms with Crippen molar-refractivity contribution >= 4 is 29.9 Å². The molecule has 7 heteroatoms. The predicted molar refractivity (Wildman–Crippen MR) is 96.9 cm³/mol. The number of aromatic nitrogens is 2. The van der Waals surface area contributed by atoms with Gasteiger partial charge < -0.3 is 15.2 Å². The summed E-state index contributed by atoms with van der Waals surface area (Å²) >= 11 is 0. The van der Waals surface area contributed by atoms with Gasteiger partial charge in [0.1, 0.15) is 5.82 Å². The Kier molecular flexibility index (Phi) is 8.49. The zero-order valence-electron chi connectivity index (χ0n) is 12.5. The molecule has 5 nitrogen and oxygen atoms in total. The predicted octanol–water partition coefficient (Wildman–Crippen LogP) is 2.40. The van der Waals surface area contributed by atoms with Gasteiger partial charge in [0.2, 0.25) is 0 Å². The Morgan fingerprint density at radius 3 is 2.82 bits per heavy atom. The second-order valence-electron chi connectivity index (χ2n) is 4.51. The first-order valence-corrected chi connectivity index (χ1v) is 7.01. The van der Waals surface area contributed by atoms with Gasteiger partial charge in [0, 0.05) is 37.6 Å². The first-order valence-electron chi connectivity index (χ1n) is 7.01. The molecule has 1 aromatic heterocycles. The van der Waals surface area contributed by atoms with Crippen molar-refractivity contribution in [1.82, 2.24) is 20.2 Å². The lowest BCUT2D eigenvalue weighted by Crippen LogP contribution is -2.38. The molecule has 0 atom stereocenters. The van der Waals surface area contributed by atoms with Crippen molar-refractivity contribution in [3.05, 3.63) is 54.4 Å². The number of aliphatic imine (C=N–C) groups is 1. The van der Waals surface area contributed by atoms with E-state index in [0.717, 1.165) is 19.6 Å². The van der Waals surface area contributed by atoms with Crippen molar-refractivity contribution in [3.8, 4) is 0 Å². The van der Waals surface area contributed by atoms with E-state index >= 15 is 0 Å². The standard InChI is InChI=1S/C15H20FN5.HI/c1-2-18-15(19-8-10-21-9-7-17-12-21)20-11-13-5-3-4-6-14(13)16;/h3-7,9,12H,2,8,10-11H2,1H3,(H2,18,19,20);1H. The van der Waals surface area contributed by atoms with Gasteiger partial charge in [-0.15, -0.1) is 24.0 Å². The quantitative estimate of drug-likeness (QED) is 0.431. The van der Waals surface area contributed by atoms with Crippen LogP contribution in [0, 0.1) is 5.82 Å². The van der Waals surface area contributed by atoms with Gasteiger partial charge in [-0.05, 0) is 13.0 Å². The fraction of sp³-hybridized carbons (Fsp3) is 0.333. The lowest BCUT2D eigenvalue weighted by Gasteiger charge is -2.11. The van der Waals surface area contributed by atoms with Gasteiger partial charge >= 0.3 is 0 Å². The fourth-order valence-corrected chi connectivity index (χ4v) is 1.86. The van der Waals surface area contributed by atoms with Crippen molar-refractivity contribution in [3.63, 3.8) is 0 Å². The van der Waals surface area contributed by atoms with Crippen molar-refractivity contribution in [2.24, 2.45) is 4.99 Å². The van der Waals surface area contributed by atoms with Crippen LogP contribution in [-0.4, -0.2) is 28.6 Å². The topological polar surface area (TPSA) is 54.2 Å². The first-order chi connectivity index (χ1) is 10.3. The zero-order valence-corrected chi connectivity index (χ0v) is 14.8. The van der Waals surface area contributed by atoms with E-state index in [0.29, 0.717) is 18.1 Å². The van der Waals surface area contributed by atoms with E-state index in [-0.39, 0.29) is 29.8 Å². The minimum atomic E-state index is -0.226. The van der Waals surface area contributed by atoms with Gasteiger partial charge in [-0.2, -0.15) is 0 Å². The number of rotatable bonds is 6. The number of imidazole rings is 1. The number of halogens is 2. The molecular formula is C15H21FIN5. The second-order valence-corrected chi connectivity index (χ2v) is 4.51. The Balaban J connectivity index is 0.00000242. The number of hydrogen-bond donors (Lipinski definition) is 2. The summed E-state index contributed by atoms with van der Waals surface area (Å²) in [4.78, 5) is 8.38. The first kappa shape index (κ1) is 18.4. The maximum atomic E-state index is 13.5. The molecule has 2 N–H and O–H groups in total. The van der Waals surface area contributed by atoms with E-state index in [1.54, 1.807) is 24.7 Å². The molecule has 0 aliphatic carbocycles. The third-order valence-electron chi connectivity index (χ3n) is 2.93. The molecule has 2 aromatic rings. The van der Waals surface area contributed by atoms with Crippen LogP contribution in [0.5, 0.6) is 0 Å². The maximum absolute atomic E-state index is 13.5. The lowest BCUT2D eigenvalue weighted by atomic mass is 10.2.